The highest BCUT2D eigenvalue weighted by Gasteiger charge is 2.21. The Morgan fingerprint density at radius 2 is 2.00 bits per heavy atom. The van der Waals surface area contributed by atoms with E-state index < -0.39 is 0 Å². The molecule has 0 atom stereocenters. The molecule has 1 aliphatic rings. The Hall–Kier alpha value is -2.27. The second-order valence-corrected chi connectivity index (χ2v) is 4.92. The number of hydrogen-bond donors (Lipinski definition) is 1. The third-order valence-corrected chi connectivity index (χ3v) is 3.50. The van der Waals surface area contributed by atoms with Crippen molar-refractivity contribution in [2.75, 3.05) is 0 Å². The van der Waals surface area contributed by atoms with E-state index in [9.17, 15) is 9.18 Å². The molecule has 5 heteroatoms. The van der Waals surface area contributed by atoms with Crippen LogP contribution in [-0.4, -0.2) is 11.7 Å². The summed E-state index contributed by atoms with van der Waals surface area (Å²) in [6.07, 6.45) is 1.63. The summed E-state index contributed by atoms with van der Waals surface area (Å²) in [5, 5.41) is 4.64. The zero-order valence-corrected chi connectivity index (χ0v) is 10.6. The molecule has 2 aromatic rings. The van der Waals surface area contributed by atoms with Crippen LogP contribution in [0.2, 0.25) is 0 Å². The Labute approximate surface area is 113 Å². The molecule has 1 aromatic heterocycles. The predicted molar refractivity (Wildman–Crippen MR) is 73.4 cm³/mol. The van der Waals surface area contributed by atoms with Crippen molar-refractivity contribution in [3.63, 3.8) is 0 Å². The second-order valence-electron chi connectivity index (χ2n) is 3.97. The van der Waals surface area contributed by atoms with E-state index in [1.165, 1.54) is 23.5 Å². The van der Waals surface area contributed by atoms with Crippen LogP contribution in [0.1, 0.15) is 10.4 Å². The Morgan fingerprint density at radius 1 is 1.21 bits per heavy atom. The van der Waals surface area contributed by atoms with Gasteiger partial charge < -0.3 is 5.32 Å². The van der Waals surface area contributed by atoms with E-state index in [-0.39, 0.29) is 11.7 Å². The summed E-state index contributed by atoms with van der Waals surface area (Å²) >= 11 is 1.51. The van der Waals surface area contributed by atoms with E-state index in [0.717, 1.165) is 10.4 Å². The minimum atomic E-state index is -0.305. The quantitative estimate of drug-likeness (QED) is 0.839. The van der Waals surface area contributed by atoms with Crippen molar-refractivity contribution in [2.45, 2.75) is 0 Å². The first-order chi connectivity index (χ1) is 9.22. The molecule has 1 aromatic carbocycles. The summed E-state index contributed by atoms with van der Waals surface area (Å²) in [6.45, 7) is 0. The van der Waals surface area contributed by atoms with Crippen LogP contribution in [-0.2, 0) is 4.79 Å². The number of carbonyl (C=O) groups excluding carboxylic acids is 1. The molecule has 1 N–H and O–H groups in total. The molecule has 3 rings (SSSR count). The Bertz CT molecular complexity index is 672. The highest BCUT2D eigenvalue weighted by Crippen LogP contribution is 2.17. The molecule has 0 radical (unpaired) electrons. The fourth-order valence-electron chi connectivity index (χ4n) is 1.72. The van der Waals surface area contributed by atoms with E-state index in [2.05, 4.69) is 10.3 Å². The maximum Gasteiger partial charge on any atom is 0.275 e. The molecule has 2 heterocycles. The van der Waals surface area contributed by atoms with E-state index in [1.54, 1.807) is 18.2 Å². The van der Waals surface area contributed by atoms with E-state index in [0.29, 0.717) is 11.5 Å². The molecule has 1 aliphatic heterocycles. The van der Waals surface area contributed by atoms with Crippen LogP contribution in [0.3, 0.4) is 0 Å². The molecule has 0 fully saturated rings. The topological polar surface area (TPSA) is 41.5 Å². The van der Waals surface area contributed by atoms with Crippen LogP contribution in [0.25, 0.3) is 6.08 Å². The van der Waals surface area contributed by atoms with Gasteiger partial charge in [0.2, 0.25) is 0 Å². The Kier molecular flexibility index (Phi) is 2.97. The first kappa shape index (κ1) is 11.8. The Balaban J connectivity index is 1.92. The van der Waals surface area contributed by atoms with Crippen molar-refractivity contribution in [1.82, 2.24) is 5.32 Å². The van der Waals surface area contributed by atoms with Crippen LogP contribution in [0.15, 0.2) is 52.5 Å². The smallest absolute Gasteiger partial charge is 0.275 e. The van der Waals surface area contributed by atoms with Gasteiger partial charge in [0.15, 0.2) is 5.84 Å². The van der Waals surface area contributed by atoms with Crippen LogP contribution in [0, 0.1) is 5.82 Å². The van der Waals surface area contributed by atoms with Crippen molar-refractivity contribution in [1.29, 1.82) is 0 Å². The minimum absolute atomic E-state index is 0.243. The molecule has 1 amide bonds. The lowest BCUT2D eigenvalue weighted by Crippen LogP contribution is -2.23. The SMILES string of the molecule is O=C1NC(c2cccs2)=N/C1=C/c1ccc(F)cc1. The monoisotopic (exact) mass is 272 g/mol. The minimum Gasteiger partial charge on any atom is -0.304 e. The van der Waals surface area contributed by atoms with Crippen LogP contribution < -0.4 is 5.32 Å². The van der Waals surface area contributed by atoms with Gasteiger partial charge in [0.1, 0.15) is 11.5 Å². The number of aliphatic imine (C=N–C) groups is 1. The van der Waals surface area contributed by atoms with Gasteiger partial charge in [-0.1, -0.05) is 18.2 Å². The predicted octanol–water partition coefficient (Wildman–Crippen LogP) is 2.80. The average molecular weight is 272 g/mol. The lowest BCUT2D eigenvalue weighted by Gasteiger charge is -1.94. The van der Waals surface area contributed by atoms with Crippen molar-refractivity contribution >= 4 is 29.2 Å². The standard InChI is InChI=1S/C14H9FN2OS/c15-10-5-3-9(4-6-10)8-11-14(18)17-13(16-11)12-2-1-7-19-12/h1-8H,(H,16,17,18)/b11-8+. The summed E-state index contributed by atoms with van der Waals surface area (Å²) in [5.74, 6) is 0.0156. The summed E-state index contributed by atoms with van der Waals surface area (Å²) in [6, 6.07) is 9.70. The number of thiophene rings is 1. The Morgan fingerprint density at radius 3 is 2.68 bits per heavy atom. The normalized spacial score (nSPS) is 16.6. The van der Waals surface area contributed by atoms with Crippen LogP contribution >= 0.6 is 11.3 Å². The summed E-state index contributed by atoms with van der Waals surface area (Å²) in [5.41, 5.74) is 1.07. The number of nitrogens with one attached hydrogen (secondary N) is 1. The van der Waals surface area contributed by atoms with Crippen molar-refractivity contribution in [2.24, 2.45) is 4.99 Å². The largest absolute Gasteiger partial charge is 0.304 e. The van der Waals surface area contributed by atoms with Gasteiger partial charge in [-0.15, -0.1) is 11.3 Å². The fraction of sp³-hybridized carbons (Fsp3) is 0. The molecule has 0 spiro atoms. The van der Waals surface area contributed by atoms with Gasteiger partial charge in [-0.05, 0) is 35.2 Å². The zero-order chi connectivity index (χ0) is 13.2. The third kappa shape index (κ3) is 2.46. The summed E-state index contributed by atoms with van der Waals surface area (Å²) in [7, 11) is 0. The molecule has 19 heavy (non-hydrogen) atoms. The van der Waals surface area contributed by atoms with Crippen molar-refractivity contribution in [3.8, 4) is 0 Å². The van der Waals surface area contributed by atoms with Gasteiger partial charge in [-0.25, -0.2) is 9.38 Å². The maximum absolute atomic E-state index is 12.8. The lowest BCUT2D eigenvalue weighted by atomic mass is 10.2. The van der Waals surface area contributed by atoms with Gasteiger partial charge in [0.25, 0.3) is 5.91 Å². The number of carbonyl (C=O) groups is 1. The number of halogens is 1. The molecule has 0 saturated heterocycles. The summed E-state index contributed by atoms with van der Waals surface area (Å²) < 4.78 is 12.8. The zero-order valence-electron chi connectivity index (χ0n) is 9.76. The molecule has 0 unspecified atom stereocenters. The van der Waals surface area contributed by atoms with Gasteiger partial charge in [0.05, 0.1) is 4.88 Å². The number of benzene rings is 1. The highest BCUT2D eigenvalue weighted by atomic mass is 32.1. The molecule has 0 saturated carbocycles. The summed E-state index contributed by atoms with van der Waals surface area (Å²) in [4.78, 5) is 17.0. The third-order valence-electron chi connectivity index (χ3n) is 2.62. The van der Waals surface area contributed by atoms with E-state index >= 15 is 0 Å². The first-order valence-electron chi connectivity index (χ1n) is 5.63. The highest BCUT2D eigenvalue weighted by molar-refractivity contribution is 7.12. The fourth-order valence-corrected chi connectivity index (χ4v) is 2.38. The van der Waals surface area contributed by atoms with Gasteiger partial charge in [0, 0.05) is 0 Å². The molecular formula is C14H9FN2OS. The van der Waals surface area contributed by atoms with Crippen LogP contribution in [0.5, 0.6) is 0 Å². The van der Waals surface area contributed by atoms with Gasteiger partial charge >= 0.3 is 0 Å². The van der Waals surface area contributed by atoms with Crippen LogP contribution in [0.4, 0.5) is 4.39 Å². The molecular weight excluding hydrogens is 263 g/mol. The molecule has 94 valence electrons. The average Bonchev–Trinajstić information content (AvgIpc) is 3.03. The van der Waals surface area contributed by atoms with Crippen molar-refractivity contribution < 1.29 is 9.18 Å². The van der Waals surface area contributed by atoms with Gasteiger partial charge in [-0.3, -0.25) is 4.79 Å². The molecule has 3 nitrogen and oxygen atoms in total. The maximum atomic E-state index is 12.8. The second kappa shape index (κ2) is 4.78. The lowest BCUT2D eigenvalue weighted by molar-refractivity contribution is -0.115. The molecule has 0 aliphatic carbocycles. The van der Waals surface area contributed by atoms with E-state index in [1.807, 2.05) is 17.5 Å². The van der Waals surface area contributed by atoms with E-state index in [4.69, 9.17) is 0 Å². The number of rotatable bonds is 2. The number of amidine groups is 1. The molecule has 0 bridgehead atoms. The van der Waals surface area contributed by atoms with Crippen molar-refractivity contribution in [3.05, 3.63) is 63.7 Å². The first-order valence-corrected chi connectivity index (χ1v) is 6.51. The number of nitrogens with zero attached hydrogens (tertiary/aromatic N) is 1. The number of amides is 1. The van der Waals surface area contributed by atoms with Gasteiger partial charge in [-0.2, -0.15) is 0 Å². The number of hydrogen-bond acceptors (Lipinski definition) is 3.